The normalized spacial score (nSPS) is 14.5. The highest BCUT2D eigenvalue weighted by Crippen LogP contribution is 2.20. The van der Waals surface area contributed by atoms with Crippen LogP contribution in [0, 0.1) is 0 Å². The first-order valence-corrected chi connectivity index (χ1v) is 7.58. The van der Waals surface area contributed by atoms with Crippen LogP contribution in [-0.4, -0.2) is 32.1 Å². The van der Waals surface area contributed by atoms with Crippen LogP contribution in [0.4, 0.5) is 0 Å². The fourth-order valence-electron chi connectivity index (χ4n) is 2.50. The Kier molecular flexibility index (Phi) is 4.71. The van der Waals surface area contributed by atoms with Gasteiger partial charge in [-0.15, -0.1) is 0 Å². The Hall–Kier alpha value is -2.33. The van der Waals surface area contributed by atoms with Crippen molar-refractivity contribution in [2.75, 3.05) is 26.2 Å². The molecule has 0 aromatic heterocycles. The molecule has 4 heteroatoms. The second-order valence-electron chi connectivity index (χ2n) is 5.39. The predicted octanol–water partition coefficient (Wildman–Crippen LogP) is 2.25. The van der Waals surface area contributed by atoms with E-state index in [1.807, 2.05) is 36.4 Å². The summed E-state index contributed by atoms with van der Waals surface area (Å²) in [7, 11) is 0. The van der Waals surface area contributed by atoms with Crippen molar-refractivity contribution in [3.05, 3.63) is 54.1 Å². The maximum atomic E-state index is 11.8. The second kappa shape index (κ2) is 7.09. The van der Waals surface area contributed by atoms with Gasteiger partial charge in [0.1, 0.15) is 5.75 Å². The standard InChI is InChI=1S/C18H20N2O2/c21-18(20-12-14-7-9-19-10-8-14)13-22-17-6-5-15-3-1-2-4-16(15)11-17/h1-7,11,19H,8-10,12-13H2,(H,20,21). The molecule has 1 aliphatic rings. The number of rotatable bonds is 5. The van der Waals surface area contributed by atoms with E-state index in [9.17, 15) is 4.79 Å². The van der Waals surface area contributed by atoms with Gasteiger partial charge in [0, 0.05) is 13.1 Å². The van der Waals surface area contributed by atoms with E-state index in [1.165, 1.54) is 5.57 Å². The Labute approximate surface area is 130 Å². The number of hydrogen-bond acceptors (Lipinski definition) is 3. The van der Waals surface area contributed by atoms with Gasteiger partial charge >= 0.3 is 0 Å². The van der Waals surface area contributed by atoms with Crippen molar-refractivity contribution in [1.29, 1.82) is 0 Å². The lowest BCUT2D eigenvalue weighted by atomic mass is 10.1. The van der Waals surface area contributed by atoms with E-state index < -0.39 is 0 Å². The lowest BCUT2D eigenvalue weighted by Gasteiger charge is -2.14. The summed E-state index contributed by atoms with van der Waals surface area (Å²) in [6.45, 7) is 2.53. The number of nitrogens with one attached hydrogen (secondary N) is 2. The van der Waals surface area contributed by atoms with Crippen molar-refractivity contribution in [3.8, 4) is 5.75 Å². The Morgan fingerprint density at radius 3 is 2.86 bits per heavy atom. The molecular formula is C18H20N2O2. The minimum absolute atomic E-state index is 0.0455. The van der Waals surface area contributed by atoms with Gasteiger partial charge in [-0.3, -0.25) is 4.79 Å². The molecule has 4 nitrogen and oxygen atoms in total. The molecule has 0 unspecified atom stereocenters. The molecular weight excluding hydrogens is 276 g/mol. The summed E-state index contributed by atoms with van der Waals surface area (Å²) in [5, 5.41) is 8.42. The van der Waals surface area contributed by atoms with Crippen LogP contribution in [0.25, 0.3) is 10.8 Å². The summed E-state index contributed by atoms with van der Waals surface area (Å²) in [6, 6.07) is 13.9. The third-order valence-corrected chi connectivity index (χ3v) is 3.76. The first-order valence-electron chi connectivity index (χ1n) is 7.58. The van der Waals surface area contributed by atoms with Gasteiger partial charge in [0.15, 0.2) is 6.61 Å². The lowest BCUT2D eigenvalue weighted by molar-refractivity contribution is -0.122. The van der Waals surface area contributed by atoms with E-state index in [-0.39, 0.29) is 12.5 Å². The maximum absolute atomic E-state index is 11.8. The number of carbonyl (C=O) groups is 1. The Balaban J connectivity index is 1.50. The molecule has 1 heterocycles. The molecule has 0 fully saturated rings. The lowest BCUT2D eigenvalue weighted by Crippen LogP contribution is -2.32. The van der Waals surface area contributed by atoms with Crippen molar-refractivity contribution in [1.82, 2.24) is 10.6 Å². The number of amides is 1. The Morgan fingerprint density at radius 1 is 1.18 bits per heavy atom. The SMILES string of the molecule is O=C(COc1ccc2ccccc2c1)NCC1=CCNCC1. The zero-order chi connectivity index (χ0) is 15.2. The fourth-order valence-corrected chi connectivity index (χ4v) is 2.50. The van der Waals surface area contributed by atoms with Gasteiger partial charge in [-0.25, -0.2) is 0 Å². The minimum atomic E-state index is -0.0902. The molecule has 2 N–H and O–H groups in total. The van der Waals surface area contributed by atoms with Gasteiger partial charge in [-0.1, -0.05) is 42.0 Å². The molecule has 0 spiro atoms. The topological polar surface area (TPSA) is 50.4 Å². The van der Waals surface area contributed by atoms with Crippen LogP contribution in [0.1, 0.15) is 6.42 Å². The molecule has 0 bridgehead atoms. The van der Waals surface area contributed by atoms with Crippen molar-refractivity contribution in [2.45, 2.75) is 6.42 Å². The van der Waals surface area contributed by atoms with Crippen LogP contribution >= 0.6 is 0 Å². The highest BCUT2D eigenvalue weighted by Gasteiger charge is 2.06. The molecule has 114 valence electrons. The summed E-state index contributed by atoms with van der Waals surface area (Å²) >= 11 is 0. The molecule has 2 aromatic carbocycles. The van der Waals surface area contributed by atoms with Crippen molar-refractivity contribution in [2.24, 2.45) is 0 Å². The predicted molar refractivity (Wildman–Crippen MR) is 88.0 cm³/mol. The summed E-state index contributed by atoms with van der Waals surface area (Å²) < 4.78 is 5.57. The monoisotopic (exact) mass is 296 g/mol. The van der Waals surface area contributed by atoms with E-state index in [0.717, 1.165) is 36.0 Å². The Bertz CT molecular complexity index is 694. The zero-order valence-corrected chi connectivity index (χ0v) is 12.5. The average molecular weight is 296 g/mol. The van der Waals surface area contributed by atoms with Gasteiger partial charge in [0.05, 0.1) is 0 Å². The molecule has 1 amide bonds. The number of fused-ring (bicyclic) bond motifs is 1. The van der Waals surface area contributed by atoms with E-state index >= 15 is 0 Å². The third kappa shape index (κ3) is 3.86. The van der Waals surface area contributed by atoms with Crippen LogP contribution in [0.2, 0.25) is 0 Å². The molecule has 3 rings (SSSR count). The summed E-state index contributed by atoms with van der Waals surface area (Å²) in [5.41, 5.74) is 1.28. The summed E-state index contributed by atoms with van der Waals surface area (Å²) in [6.07, 6.45) is 3.12. The van der Waals surface area contributed by atoms with E-state index in [4.69, 9.17) is 4.74 Å². The molecule has 0 radical (unpaired) electrons. The molecule has 0 saturated heterocycles. The van der Waals surface area contributed by atoms with Gasteiger partial charge in [-0.05, 0) is 35.9 Å². The summed E-state index contributed by atoms with van der Waals surface area (Å²) in [5.74, 6) is 0.627. The Morgan fingerprint density at radius 2 is 2.05 bits per heavy atom. The molecule has 1 aliphatic heterocycles. The number of ether oxygens (including phenoxy) is 1. The largest absolute Gasteiger partial charge is 0.484 e. The summed E-state index contributed by atoms with van der Waals surface area (Å²) in [4.78, 5) is 11.8. The van der Waals surface area contributed by atoms with Gasteiger partial charge in [0.2, 0.25) is 0 Å². The van der Waals surface area contributed by atoms with Gasteiger partial charge < -0.3 is 15.4 Å². The van der Waals surface area contributed by atoms with E-state index in [0.29, 0.717) is 6.54 Å². The first-order chi connectivity index (χ1) is 10.8. The highest BCUT2D eigenvalue weighted by molar-refractivity contribution is 5.84. The van der Waals surface area contributed by atoms with Gasteiger partial charge in [-0.2, -0.15) is 0 Å². The van der Waals surface area contributed by atoms with Crippen LogP contribution in [0.15, 0.2) is 54.1 Å². The molecule has 22 heavy (non-hydrogen) atoms. The van der Waals surface area contributed by atoms with E-state index in [1.54, 1.807) is 0 Å². The number of carbonyl (C=O) groups excluding carboxylic acids is 1. The first kappa shape index (κ1) is 14.6. The molecule has 0 aliphatic carbocycles. The van der Waals surface area contributed by atoms with Crippen LogP contribution < -0.4 is 15.4 Å². The average Bonchev–Trinajstić information content (AvgIpc) is 2.59. The van der Waals surface area contributed by atoms with Crippen molar-refractivity contribution >= 4 is 16.7 Å². The quantitative estimate of drug-likeness (QED) is 0.832. The molecule has 0 atom stereocenters. The van der Waals surface area contributed by atoms with Gasteiger partial charge in [0.25, 0.3) is 5.91 Å². The third-order valence-electron chi connectivity index (χ3n) is 3.76. The molecule has 0 saturated carbocycles. The highest BCUT2D eigenvalue weighted by atomic mass is 16.5. The number of benzene rings is 2. The molecule has 2 aromatic rings. The smallest absolute Gasteiger partial charge is 0.258 e. The fraction of sp³-hybridized carbons (Fsp3) is 0.278. The van der Waals surface area contributed by atoms with Crippen molar-refractivity contribution in [3.63, 3.8) is 0 Å². The van der Waals surface area contributed by atoms with Crippen molar-refractivity contribution < 1.29 is 9.53 Å². The van der Waals surface area contributed by atoms with Crippen LogP contribution in [0.5, 0.6) is 5.75 Å². The van der Waals surface area contributed by atoms with Crippen LogP contribution in [-0.2, 0) is 4.79 Å². The zero-order valence-electron chi connectivity index (χ0n) is 12.5. The second-order valence-corrected chi connectivity index (χ2v) is 5.39. The minimum Gasteiger partial charge on any atom is -0.484 e. The van der Waals surface area contributed by atoms with Crippen LogP contribution in [0.3, 0.4) is 0 Å². The van der Waals surface area contributed by atoms with E-state index in [2.05, 4.69) is 22.8 Å². The number of hydrogen-bond donors (Lipinski definition) is 2. The maximum Gasteiger partial charge on any atom is 0.258 e.